The van der Waals surface area contributed by atoms with Gasteiger partial charge >= 0.3 is 12.1 Å². The van der Waals surface area contributed by atoms with E-state index in [9.17, 15) is 26.4 Å². The van der Waals surface area contributed by atoms with Gasteiger partial charge in [0.15, 0.2) is 0 Å². The molecule has 1 unspecified atom stereocenters. The molecule has 1 aromatic rings. The molecular weight excluding hydrogens is 467 g/mol. The number of carbonyl (C=O) groups is 2. The normalized spacial score (nSPS) is 23.4. The second-order valence-electron chi connectivity index (χ2n) is 8.46. The fourth-order valence-electron chi connectivity index (χ4n) is 4.09. The zero-order chi connectivity index (χ0) is 24.3. The summed E-state index contributed by atoms with van der Waals surface area (Å²) < 4.78 is 64.5. The number of aromatic nitrogens is 1. The van der Waals surface area contributed by atoms with Crippen LogP contribution in [0.15, 0.2) is 29.4 Å². The van der Waals surface area contributed by atoms with Crippen LogP contribution in [0, 0.1) is 5.92 Å². The van der Waals surface area contributed by atoms with Gasteiger partial charge in [-0.1, -0.05) is 0 Å². The number of rotatable bonds is 4. The monoisotopic (exact) mass is 493 g/mol. The number of pyridine rings is 1. The van der Waals surface area contributed by atoms with Gasteiger partial charge in [-0.3, -0.25) is 9.78 Å². The average molecular weight is 494 g/mol. The Morgan fingerprint density at radius 3 is 2.52 bits per heavy atom. The predicted octanol–water partition coefficient (Wildman–Crippen LogP) is 1.90. The first kappa shape index (κ1) is 25.4. The molecule has 9 nitrogen and oxygen atoms in total. The molecule has 0 aromatic carbocycles. The van der Waals surface area contributed by atoms with Crippen molar-refractivity contribution < 1.29 is 41.0 Å². The molecule has 1 spiro atoms. The van der Waals surface area contributed by atoms with Crippen LogP contribution in [0.25, 0.3) is 0 Å². The number of piperidine rings is 1. The van der Waals surface area contributed by atoms with Gasteiger partial charge in [-0.05, 0) is 37.8 Å². The second-order valence-corrected chi connectivity index (χ2v) is 10.4. The number of ether oxygens (including phenoxy) is 1. The lowest BCUT2D eigenvalue weighted by atomic mass is 9.84. The Morgan fingerprint density at radius 2 is 2.00 bits per heavy atom. The van der Waals surface area contributed by atoms with Gasteiger partial charge in [0.05, 0.1) is 12.2 Å². The quantitative estimate of drug-likeness (QED) is 0.681. The molecule has 33 heavy (non-hydrogen) atoms. The Bertz CT molecular complexity index is 942. The van der Waals surface area contributed by atoms with Crippen LogP contribution in [0.4, 0.5) is 13.2 Å². The average Bonchev–Trinajstić information content (AvgIpc) is 2.75. The molecule has 13 heteroatoms. The minimum atomic E-state index is -5.08. The molecule has 4 rings (SSSR count). The van der Waals surface area contributed by atoms with Crippen LogP contribution in [0.1, 0.15) is 32.1 Å². The van der Waals surface area contributed by atoms with Crippen molar-refractivity contribution in [3.63, 3.8) is 0 Å². The standard InChI is InChI=1S/C18H25N3O4S.C2HF3O2/c22-17-5-1-2-9-20(17)11-15-6-7-18(25-12-15)13-21(14-18)26(23,24)16-4-3-8-19-10-16;3-2(4,5)1(6)7/h3-4,8,10,15H,1-2,5-7,9,11-14H2;(H,6,7). The molecule has 0 bridgehead atoms. The molecule has 0 aliphatic carbocycles. The number of likely N-dealkylation sites (tertiary alicyclic amines) is 1. The van der Waals surface area contributed by atoms with Gasteiger partial charge in [0.1, 0.15) is 4.90 Å². The number of halogens is 3. The van der Waals surface area contributed by atoms with E-state index in [4.69, 9.17) is 14.6 Å². The highest BCUT2D eigenvalue weighted by atomic mass is 32.2. The van der Waals surface area contributed by atoms with Gasteiger partial charge in [0.2, 0.25) is 15.9 Å². The predicted molar refractivity (Wildman–Crippen MR) is 109 cm³/mol. The van der Waals surface area contributed by atoms with Crippen LogP contribution in [0.5, 0.6) is 0 Å². The van der Waals surface area contributed by atoms with Crippen molar-refractivity contribution in [2.24, 2.45) is 5.92 Å². The van der Waals surface area contributed by atoms with Crippen LogP contribution in [-0.4, -0.2) is 84.2 Å². The number of hydrogen-bond donors (Lipinski definition) is 1. The molecule has 1 amide bonds. The highest BCUT2D eigenvalue weighted by Crippen LogP contribution is 2.39. The fraction of sp³-hybridized carbons (Fsp3) is 0.650. The van der Waals surface area contributed by atoms with Crippen LogP contribution < -0.4 is 0 Å². The molecule has 3 aliphatic rings. The van der Waals surface area contributed by atoms with Crippen LogP contribution >= 0.6 is 0 Å². The lowest BCUT2D eigenvalue weighted by Gasteiger charge is -2.52. The van der Waals surface area contributed by atoms with E-state index in [1.807, 2.05) is 4.90 Å². The van der Waals surface area contributed by atoms with E-state index >= 15 is 0 Å². The number of nitrogens with zero attached hydrogens (tertiary/aromatic N) is 3. The lowest BCUT2D eigenvalue weighted by Crippen LogP contribution is -2.66. The summed E-state index contributed by atoms with van der Waals surface area (Å²) in [5.74, 6) is -2.15. The SMILES string of the molecule is O=C(O)C(F)(F)F.O=C1CCCCN1CC1CCC2(CN(S(=O)(=O)c3cccnc3)C2)OC1. The van der Waals surface area contributed by atoms with Gasteiger partial charge in [0.25, 0.3) is 0 Å². The number of aliphatic carboxylic acids is 1. The van der Waals surface area contributed by atoms with E-state index in [-0.39, 0.29) is 16.4 Å². The Balaban J connectivity index is 0.000000383. The zero-order valence-electron chi connectivity index (χ0n) is 17.8. The first-order valence-electron chi connectivity index (χ1n) is 10.5. The molecule has 1 N–H and O–H groups in total. The summed E-state index contributed by atoms with van der Waals surface area (Å²) in [6, 6.07) is 3.20. The number of alkyl halides is 3. The van der Waals surface area contributed by atoms with Gasteiger partial charge < -0.3 is 14.7 Å². The number of carboxylic acid groups (broad SMARTS) is 1. The summed E-state index contributed by atoms with van der Waals surface area (Å²) in [5, 5.41) is 7.12. The summed E-state index contributed by atoms with van der Waals surface area (Å²) in [7, 11) is -3.48. The van der Waals surface area contributed by atoms with Crippen molar-refractivity contribution >= 4 is 21.9 Å². The summed E-state index contributed by atoms with van der Waals surface area (Å²) in [6.07, 6.45) is 2.44. The molecular formula is C20H26F3N3O6S. The Kier molecular flexibility index (Phi) is 7.64. The van der Waals surface area contributed by atoms with Crippen molar-refractivity contribution in [2.45, 2.75) is 48.8 Å². The van der Waals surface area contributed by atoms with Crippen LogP contribution in [0.2, 0.25) is 0 Å². The van der Waals surface area contributed by atoms with E-state index in [1.165, 1.54) is 10.5 Å². The van der Waals surface area contributed by atoms with Gasteiger partial charge in [-0.25, -0.2) is 13.2 Å². The molecule has 0 saturated carbocycles. The highest BCUT2D eigenvalue weighted by molar-refractivity contribution is 7.89. The maximum Gasteiger partial charge on any atom is 0.490 e. The number of hydrogen-bond acceptors (Lipinski definition) is 6. The Hall–Kier alpha value is -2.25. The van der Waals surface area contributed by atoms with E-state index < -0.39 is 22.2 Å². The first-order valence-corrected chi connectivity index (χ1v) is 12.0. The molecule has 1 aromatic heterocycles. The van der Waals surface area contributed by atoms with Crippen molar-refractivity contribution in [3.05, 3.63) is 24.5 Å². The van der Waals surface area contributed by atoms with Crippen molar-refractivity contribution in [2.75, 3.05) is 32.8 Å². The molecule has 3 fully saturated rings. The summed E-state index contributed by atoms with van der Waals surface area (Å²) in [5.41, 5.74) is -0.350. The number of amides is 1. The minimum Gasteiger partial charge on any atom is -0.475 e. The van der Waals surface area contributed by atoms with Crippen molar-refractivity contribution in [1.82, 2.24) is 14.2 Å². The maximum atomic E-state index is 12.6. The molecule has 0 radical (unpaired) electrons. The Morgan fingerprint density at radius 1 is 1.30 bits per heavy atom. The van der Waals surface area contributed by atoms with E-state index in [0.717, 1.165) is 38.8 Å². The molecule has 184 valence electrons. The number of sulfonamides is 1. The third-order valence-electron chi connectivity index (χ3n) is 5.98. The van der Waals surface area contributed by atoms with E-state index in [1.54, 1.807) is 18.3 Å². The third kappa shape index (κ3) is 6.21. The van der Waals surface area contributed by atoms with Gasteiger partial charge in [-0.2, -0.15) is 17.5 Å². The molecule has 1 atom stereocenters. The fourth-order valence-corrected chi connectivity index (χ4v) is 5.65. The summed E-state index contributed by atoms with van der Waals surface area (Å²) in [6.45, 7) is 3.04. The largest absolute Gasteiger partial charge is 0.490 e. The Labute approximate surface area is 189 Å². The highest BCUT2D eigenvalue weighted by Gasteiger charge is 2.51. The van der Waals surface area contributed by atoms with Gasteiger partial charge in [0, 0.05) is 50.9 Å². The van der Waals surface area contributed by atoms with E-state index in [0.29, 0.717) is 32.0 Å². The molecule has 3 saturated heterocycles. The number of carbonyl (C=O) groups excluding carboxylic acids is 1. The minimum absolute atomic E-state index is 0.229. The smallest absolute Gasteiger partial charge is 0.475 e. The lowest BCUT2D eigenvalue weighted by molar-refractivity contribution is -0.192. The third-order valence-corrected chi connectivity index (χ3v) is 7.75. The molecule has 4 heterocycles. The zero-order valence-corrected chi connectivity index (χ0v) is 18.6. The van der Waals surface area contributed by atoms with Crippen molar-refractivity contribution in [3.8, 4) is 0 Å². The molecule has 3 aliphatic heterocycles. The van der Waals surface area contributed by atoms with Crippen molar-refractivity contribution in [1.29, 1.82) is 0 Å². The summed E-state index contributed by atoms with van der Waals surface area (Å²) in [4.78, 5) is 26.9. The second kappa shape index (κ2) is 9.94. The van der Waals surface area contributed by atoms with E-state index in [2.05, 4.69) is 4.98 Å². The number of carboxylic acids is 1. The topological polar surface area (TPSA) is 117 Å². The summed E-state index contributed by atoms with van der Waals surface area (Å²) >= 11 is 0. The first-order chi connectivity index (χ1) is 15.4. The maximum absolute atomic E-state index is 12.6. The van der Waals surface area contributed by atoms with Gasteiger partial charge in [-0.15, -0.1) is 0 Å². The van der Waals surface area contributed by atoms with Crippen LogP contribution in [0.3, 0.4) is 0 Å². The van der Waals surface area contributed by atoms with Crippen LogP contribution in [-0.2, 0) is 24.3 Å².